The maximum atomic E-state index is 10.7. The number of hydrogen-bond acceptors (Lipinski definition) is 3. The minimum atomic E-state index is -0.426. The lowest BCUT2D eigenvalue weighted by atomic mass is 10.1. The van der Waals surface area contributed by atoms with Crippen LogP contribution in [0.5, 0.6) is 0 Å². The first kappa shape index (κ1) is 11.3. The summed E-state index contributed by atoms with van der Waals surface area (Å²) in [6.07, 6.45) is 1.78. The van der Waals surface area contributed by atoms with E-state index in [4.69, 9.17) is 0 Å². The molecule has 0 radical (unpaired) electrons. The number of benzene rings is 1. The number of nitro benzene ring substituents is 1. The van der Waals surface area contributed by atoms with Crippen molar-refractivity contribution in [3.05, 3.63) is 57.9 Å². The Hall–Kier alpha value is -2.14. The summed E-state index contributed by atoms with van der Waals surface area (Å²) in [5.41, 5.74) is 2.38. The SMILES string of the molecule is Cc1ccc([N+](=O)[O-])cc1-n1cccc1CO. The third-order valence-electron chi connectivity index (χ3n) is 2.66. The largest absolute Gasteiger partial charge is 0.390 e. The van der Waals surface area contributed by atoms with E-state index < -0.39 is 4.92 Å². The molecule has 0 unspecified atom stereocenters. The van der Waals surface area contributed by atoms with E-state index in [-0.39, 0.29) is 12.3 Å². The van der Waals surface area contributed by atoms with Gasteiger partial charge in [0, 0.05) is 24.0 Å². The Morgan fingerprint density at radius 1 is 1.41 bits per heavy atom. The van der Waals surface area contributed by atoms with Crippen LogP contribution in [0.15, 0.2) is 36.5 Å². The predicted molar refractivity (Wildman–Crippen MR) is 63.1 cm³/mol. The van der Waals surface area contributed by atoms with Crippen molar-refractivity contribution >= 4 is 5.69 Å². The molecule has 0 bridgehead atoms. The molecule has 0 spiro atoms. The van der Waals surface area contributed by atoms with E-state index >= 15 is 0 Å². The first-order valence-corrected chi connectivity index (χ1v) is 5.16. The average molecular weight is 232 g/mol. The molecular weight excluding hydrogens is 220 g/mol. The topological polar surface area (TPSA) is 68.3 Å². The van der Waals surface area contributed by atoms with Crippen LogP contribution < -0.4 is 0 Å². The van der Waals surface area contributed by atoms with E-state index in [9.17, 15) is 15.2 Å². The Balaban J connectivity index is 2.58. The molecule has 1 aromatic carbocycles. The van der Waals surface area contributed by atoms with Gasteiger partial charge in [-0.05, 0) is 24.6 Å². The van der Waals surface area contributed by atoms with Crippen LogP contribution in [0, 0.1) is 17.0 Å². The van der Waals surface area contributed by atoms with E-state index in [2.05, 4.69) is 0 Å². The third kappa shape index (κ3) is 2.05. The molecular formula is C12H12N2O3. The zero-order valence-electron chi connectivity index (χ0n) is 9.33. The smallest absolute Gasteiger partial charge is 0.271 e. The number of nitro groups is 1. The predicted octanol–water partition coefficient (Wildman–Crippen LogP) is 2.19. The van der Waals surface area contributed by atoms with Crippen molar-refractivity contribution in [2.75, 3.05) is 0 Å². The summed E-state index contributed by atoms with van der Waals surface area (Å²) >= 11 is 0. The molecule has 0 saturated heterocycles. The van der Waals surface area contributed by atoms with E-state index in [0.29, 0.717) is 11.4 Å². The minimum Gasteiger partial charge on any atom is -0.390 e. The maximum Gasteiger partial charge on any atom is 0.271 e. The first-order chi connectivity index (χ1) is 8.13. The van der Waals surface area contributed by atoms with Gasteiger partial charge in [-0.3, -0.25) is 10.1 Å². The Labute approximate surface area is 98.1 Å². The van der Waals surface area contributed by atoms with Crippen molar-refractivity contribution < 1.29 is 10.0 Å². The molecule has 0 atom stereocenters. The maximum absolute atomic E-state index is 10.7. The average Bonchev–Trinajstić information content (AvgIpc) is 2.77. The second kappa shape index (κ2) is 4.39. The third-order valence-corrected chi connectivity index (χ3v) is 2.66. The fraction of sp³-hybridized carbons (Fsp3) is 0.167. The van der Waals surface area contributed by atoms with Gasteiger partial charge in [-0.25, -0.2) is 0 Å². The molecule has 1 aromatic heterocycles. The summed E-state index contributed by atoms with van der Waals surface area (Å²) in [6.45, 7) is 1.77. The highest BCUT2D eigenvalue weighted by Crippen LogP contribution is 2.22. The van der Waals surface area contributed by atoms with Crippen LogP contribution in [0.4, 0.5) is 5.69 Å². The van der Waals surface area contributed by atoms with Gasteiger partial charge in [-0.1, -0.05) is 6.07 Å². The number of aliphatic hydroxyl groups is 1. The molecule has 0 aliphatic rings. The van der Waals surface area contributed by atoms with Crippen LogP contribution in [0.3, 0.4) is 0 Å². The first-order valence-electron chi connectivity index (χ1n) is 5.16. The molecule has 0 amide bonds. The molecule has 2 aromatic rings. The van der Waals surface area contributed by atoms with Gasteiger partial charge >= 0.3 is 0 Å². The van der Waals surface area contributed by atoms with Crippen molar-refractivity contribution in [3.63, 3.8) is 0 Å². The highest BCUT2D eigenvalue weighted by molar-refractivity contribution is 5.50. The quantitative estimate of drug-likeness (QED) is 0.651. The monoisotopic (exact) mass is 232 g/mol. The summed E-state index contributed by atoms with van der Waals surface area (Å²) < 4.78 is 1.75. The Kier molecular flexibility index (Phi) is 2.93. The number of aryl methyl sites for hydroxylation is 1. The van der Waals surface area contributed by atoms with Crippen molar-refractivity contribution in [1.29, 1.82) is 0 Å². The Bertz CT molecular complexity index is 561. The molecule has 0 fully saturated rings. The molecule has 1 N–H and O–H groups in total. The molecule has 5 nitrogen and oxygen atoms in total. The summed E-state index contributed by atoms with van der Waals surface area (Å²) in [5, 5.41) is 19.9. The van der Waals surface area contributed by atoms with Crippen molar-refractivity contribution in [2.24, 2.45) is 0 Å². The van der Waals surface area contributed by atoms with Gasteiger partial charge in [0.25, 0.3) is 5.69 Å². The molecule has 88 valence electrons. The van der Waals surface area contributed by atoms with Crippen LogP contribution in [0.2, 0.25) is 0 Å². The van der Waals surface area contributed by atoms with Crippen LogP contribution in [-0.4, -0.2) is 14.6 Å². The zero-order chi connectivity index (χ0) is 12.4. The number of rotatable bonds is 3. The van der Waals surface area contributed by atoms with Gasteiger partial charge in [-0.15, -0.1) is 0 Å². The number of aromatic nitrogens is 1. The summed E-state index contributed by atoms with van der Waals surface area (Å²) in [7, 11) is 0. The normalized spacial score (nSPS) is 10.5. The van der Waals surface area contributed by atoms with Gasteiger partial charge in [0.1, 0.15) is 0 Å². The lowest BCUT2D eigenvalue weighted by Crippen LogP contribution is -2.01. The summed E-state index contributed by atoms with van der Waals surface area (Å²) in [5.74, 6) is 0. The molecule has 2 rings (SSSR count). The van der Waals surface area contributed by atoms with Crippen molar-refractivity contribution in [3.8, 4) is 5.69 Å². The van der Waals surface area contributed by atoms with Gasteiger partial charge in [0.2, 0.25) is 0 Å². The fourth-order valence-corrected chi connectivity index (χ4v) is 1.75. The standard InChI is InChI=1S/C12H12N2O3/c1-9-4-5-10(14(16)17)7-12(9)13-6-2-3-11(13)8-15/h2-7,15H,8H2,1H3. The Morgan fingerprint density at radius 2 is 2.18 bits per heavy atom. The van der Waals surface area contributed by atoms with E-state index in [0.717, 1.165) is 5.56 Å². The number of non-ortho nitro benzene ring substituents is 1. The second-order valence-electron chi connectivity index (χ2n) is 3.76. The molecule has 0 saturated carbocycles. The second-order valence-corrected chi connectivity index (χ2v) is 3.76. The van der Waals surface area contributed by atoms with Gasteiger partial charge in [-0.2, -0.15) is 0 Å². The van der Waals surface area contributed by atoms with Crippen LogP contribution in [-0.2, 0) is 6.61 Å². The molecule has 5 heteroatoms. The fourth-order valence-electron chi connectivity index (χ4n) is 1.75. The van der Waals surface area contributed by atoms with Crippen molar-refractivity contribution in [2.45, 2.75) is 13.5 Å². The lowest BCUT2D eigenvalue weighted by Gasteiger charge is -2.10. The van der Waals surface area contributed by atoms with Gasteiger partial charge in [0.15, 0.2) is 0 Å². The van der Waals surface area contributed by atoms with Crippen molar-refractivity contribution in [1.82, 2.24) is 4.57 Å². The van der Waals surface area contributed by atoms with Crippen LogP contribution in [0.1, 0.15) is 11.3 Å². The van der Waals surface area contributed by atoms with E-state index in [1.165, 1.54) is 12.1 Å². The van der Waals surface area contributed by atoms with Gasteiger partial charge in [0.05, 0.1) is 17.2 Å². The zero-order valence-corrected chi connectivity index (χ0v) is 9.33. The highest BCUT2D eigenvalue weighted by Gasteiger charge is 2.11. The molecule has 1 heterocycles. The Morgan fingerprint density at radius 3 is 2.82 bits per heavy atom. The lowest BCUT2D eigenvalue weighted by molar-refractivity contribution is -0.384. The molecule has 17 heavy (non-hydrogen) atoms. The molecule has 0 aliphatic heterocycles. The number of aliphatic hydroxyl groups excluding tert-OH is 1. The number of hydrogen-bond donors (Lipinski definition) is 1. The molecule has 0 aliphatic carbocycles. The van der Waals surface area contributed by atoms with E-state index in [1.54, 1.807) is 29.0 Å². The van der Waals surface area contributed by atoms with E-state index in [1.807, 2.05) is 6.92 Å². The number of nitrogens with zero attached hydrogens (tertiary/aromatic N) is 2. The summed E-state index contributed by atoms with van der Waals surface area (Å²) in [6, 6.07) is 8.26. The minimum absolute atomic E-state index is 0.0446. The highest BCUT2D eigenvalue weighted by atomic mass is 16.6. The van der Waals surface area contributed by atoms with Crippen LogP contribution in [0.25, 0.3) is 5.69 Å². The van der Waals surface area contributed by atoms with Gasteiger partial charge < -0.3 is 9.67 Å². The summed E-state index contributed by atoms with van der Waals surface area (Å²) in [4.78, 5) is 10.3. The van der Waals surface area contributed by atoms with Crippen LogP contribution >= 0.6 is 0 Å².